The Kier molecular flexibility index (Phi) is 4.27. The molecule has 1 aromatic heterocycles. The summed E-state index contributed by atoms with van der Waals surface area (Å²) in [5, 5.41) is 4.50. The smallest absolute Gasteiger partial charge is 0.328 e. The maximum atomic E-state index is 11.7. The third-order valence-corrected chi connectivity index (χ3v) is 3.94. The van der Waals surface area contributed by atoms with Gasteiger partial charge in [-0.05, 0) is 24.1 Å². The first-order chi connectivity index (χ1) is 9.01. The molecule has 0 spiro atoms. The van der Waals surface area contributed by atoms with E-state index in [1.807, 2.05) is 26.0 Å². The first kappa shape index (κ1) is 14.1. The van der Waals surface area contributed by atoms with Gasteiger partial charge in [0.2, 0.25) is 0 Å². The summed E-state index contributed by atoms with van der Waals surface area (Å²) < 4.78 is 5.78. The summed E-state index contributed by atoms with van der Waals surface area (Å²) in [5.41, 5.74) is 0.865. The molecule has 19 heavy (non-hydrogen) atoms. The zero-order valence-corrected chi connectivity index (χ0v) is 12.5. The highest BCUT2D eigenvalue weighted by Gasteiger charge is 2.23. The quantitative estimate of drug-likeness (QED) is 0.877. The second-order valence-electron chi connectivity index (χ2n) is 4.52. The number of anilines is 1. The minimum absolute atomic E-state index is 0.114. The molecular weight excluding hydrogens is 284 g/mol. The molecule has 0 aliphatic carbocycles. The van der Waals surface area contributed by atoms with Crippen LogP contribution in [0.5, 0.6) is 0 Å². The van der Waals surface area contributed by atoms with Gasteiger partial charge in [-0.2, -0.15) is 0 Å². The molecule has 0 aliphatic heterocycles. The van der Waals surface area contributed by atoms with E-state index in [2.05, 4.69) is 10.3 Å². The van der Waals surface area contributed by atoms with Crippen molar-refractivity contribution in [3.63, 3.8) is 0 Å². The van der Waals surface area contributed by atoms with Crippen LogP contribution in [0.1, 0.15) is 13.8 Å². The number of esters is 1. The normalized spacial score (nSPS) is 12.7. The molecule has 1 heterocycles. The summed E-state index contributed by atoms with van der Waals surface area (Å²) in [7, 11) is 1.39. The summed E-state index contributed by atoms with van der Waals surface area (Å²) in [6.07, 6.45) is 0. The second kappa shape index (κ2) is 5.75. The molecule has 1 atom stereocenters. The fraction of sp³-hybridized carbons (Fsp3) is 0.385. The Balaban J connectivity index is 2.26. The molecule has 0 saturated carbocycles. The summed E-state index contributed by atoms with van der Waals surface area (Å²) in [4.78, 5) is 16.1. The molecule has 4 nitrogen and oxygen atoms in total. The van der Waals surface area contributed by atoms with Crippen LogP contribution < -0.4 is 5.32 Å². The lowest BCUT2D eigenvalue weighted by Gasteiger charge is -2.18. The van der Waals surface area contributed by atoms with E-state index in [0.717, 1.165) is 10.2 Å². The fourth-order valence-electron chi connectivity index (χ4n) is 1.72. The largest absolute Gasteiger partial charge is 0.467 e. The van der Waals surface area contributed by atoms with Crippen molar-refractivity contribution >= 4 is 44.3 Å². The van der Waals surface area contributed by atoms with Crippen molar-refractivity contribution < 1.29 is 9.53 Å². The van der Waals surface area contributed by atoms with Gasteiger partial charge < -0.3 is 10.1 Å². The molecule has 0 bridgehead atoms. The monoisotopic (exact) mass is 298 g/mol. The lowest BCUT2D eigenvalue weighted by Crippen LogP contribution is -2.35. The average molecular weight is 299 g/mol. The molecule has 6 heteroatoms. The molecular formula is C13H15ClN2O2S. The van der Waals surface area contributed by atoms with Gasteiger partial charge in [-0.1, -0.05) is 36.8 Å². The van der Waals surface area contributed by atoms with Gasteiger partial charge in [0, 0.05) is 5.02 Å². The lowest BCUT2D eigenvalue weighted by atomic mass is 10.1. The van der Waals surface area contributed by atoms with Crippen molar-refractivity contribution in [3.8, 4) is 0 Å². The van der Waals surface area contributed by atoms with Gasteiger partial charge in [0.15, 0.2) is 5.13 Å². The molecule has 2 rings (SSSR count). The Bertz CT molecular complexity index is 597. The Morgan fingerprint density at radius 1 is 1.47 bits per heavy atom. The van der Waals surface area contributed by atoms with Crippen LogP contribution in [0.15, 0.2) is 18.2 Å². The molecule has 102 valence electrons. The van der Waals surface area contributed by atoms with Crippen molar-refractivity contribution in [2.75, 3.05) is 12.4 Å². The van der Waals surface area contributed by atoms with E-state index >= 15 is 0 Å². The number of halogens is 1. The Morgan fingerprint density at radius 2 is 2.21 bits per heavy atom. The van der Waals surface area contributed by atoms with Crippen molar-refractivity contribution in [1.29, 1.82) is 0 Å². The SMILES string of the molecule is COC(=O)C(Nc1nc2ccc(Cl)cc2s1)C(C)C. The van der Waals surface area contributed by atoms with Crippen LogP contribution in [0.4, 0.5) is 5.13 Å². The summed E-state index contributed by atoms with van der Waals surface area (Å²) >= 11 is 7.41. The first-order valence-electron chi connectivity index (χ1n) is 5.91. The maximum Gasteiger partial charge on any atom is 0.328 e. The van der Waals surface area contributed by atoms with E-state index in [1.54, 1.807) is 6.07 Å². The lowest BCUT2D eigenvalue weighted by molar-refractivity contribution is -0.142. The van der Waals surface area contributed by atoms with Gasteiger partial charge in [-0.15, -0.1) is 0 Å². The van der Waals surface area contributed by atoms with Gasteiger partial charge in [0.05, 0.1) is 17.3 Å². The molecule has 1 N–H and O–H groups in total. The van der Waals surface area contributed by atoms with Crippen LogP contribution in [-0.2, 0) is 9.53 Å². The van der Waals surface area contributed by atoms with Gasteiger partial charge in [-0.3, -0.25) is 0 Å². The summed E-state index contributed by atoms with van der Waals surface area (Å²) in [5.74, 6) is -0.171. The Morgan fingerprint density at radius 3 is 2.84 bits per heavy atom. The van der Waals surface area contributed by atoms with Crippen LogP contribution in [0, 0.1) is 5.92 Å². The van der Waals surface area contributed by atoms with Gasteiger partial charge in [0.1, 0.15) is 6.04 Å². The minimum Gasteiger partial charge on any atom is -0.467 e. The molecule has 0 amide bonds. The highest BCUT2D eigenvalue weighted by atomic mass is 35.5. The maximum absolute atomic E-state index is 11.7. The van der Waals surface area contributed by atoms with E-state index in [9.17, 15) is 4.79 Å². The predicted octanol–water partition coefficient (Wildman–Crippen LogP) is 3.56. The number of fused-ring (bicyclic) bond motifs is 1. The number of carbonyl (C=O) groups excluding carboxylic acids is 1. The summed E-state index contributed by atoms with van der Waals surface area (Å²) in [6.45, 7) is 3.91. The standard InChI is InChI=1S/C13H15ClN2O2S/c1-7(2)11(12(17)18-3)16-13-15-9-5-4-8(14)6-10(9)19-13/h4-7,11H,1-3H3,(H,15,16). The minimum atomic E-state index is -0.402. The van der Waals surface area contributed by atoms with Crippen molar-refractivity contribution in [2.45, 2.75) is 19.9 Å². The fourth-order valence-corrected chi connectivity index (χ4v) is 2.90. The topological polar surface area (TPSA) is 51.2 Å². The van der Waals surface area contributed by atoms with Gasteiger partial charge >= 0.3 is 5.97 Å². The number of thiazole rings is 1. The number of nitrogens with zero attached hydrogens (tertiary/aromatic N) is 1. The van der Waals surface area contributed by atoms with Crippen molar-refractivity contribution in [2.24, 2.45) is 5.92 Å². The summed E-state index contributed by atoms with van der Waals surface area (Å²) in [6, 6.07) is 5.12. The number of carbonyl (C=O) groups is 1. The van der Waals surface area contributed by atoms with E-state index in [-0.39, 0.29) is 11.9 Å². The van der Waals surface area contributed by atoms with E-state index < -0.39 is 6.04 Å². The highest BCUT2D eigenvalue weighted by Crippen LogP contribution is 2.29. The van der Waals surface area contributed by atoms with Gasteiger partial charge in [-0.25, -0.2) is 9.78 Å². The zero-order chi connectivity index (χ0) is 14.0. The van der Waals surface area contributed by atoms with Gasteiger partial charge in [0.25, 0.3) is 0 Å². The number of benzene rings is 1. The molecule has 1 aromatic carbocycles. The highest BCUT2D eigenvalue weighted by molar-refractivity contribution is 7.22. The molecule has 0 aliphatic rings. The van der Waals surface area contributed by atoms with E-state index in [4.69, 9.17) is 16.3 Å². The third-order valence-electron chi connectivity index (χ3n) is 2.75. The molecule has 1 unspecified atom stereocenters. The number of hydrogen-bond donors (Lipinski definition) is 1. The second-order valence-corrected chi connectivity index (χ2v) is 5.99. The number of aromatic nitrogens is 1. The number of methoxy groups -OCH3 is 1. The third kappa shape index (κ3) is 3.16. The molecule has 2 aromatic rings. The van der Waals surface area contributed by atoms with E-state index in [0.29, 0.717) is 10.2 Å². The van der Waals surface area contributed by atoms with Crippen LogP contribution in [0.3, 0.4) is 0 Å². The van der Waals surface area contributed by atoms with E-state index in [1.165, 1.54) is 18.4 Å². The van der Waals surface area contributed by atoms with Crippen molar-refractivity contribution in [3.05, 3.63) is 23.2 Å². The number of ether oxygens (including phenoxy) is 1. The zero-order valence-electron chi connectivity index (χ0n) is 10.9. The number of nitrogens with one attached hydrogen (secondary N) is 1. The number of hydrogen-bond acceptors (Lipinski definition) is 5. The van der Waals surface area contributed by atoms with Crippen LogP contribution in [0.25, 0.3) is 10.2 Å². The molecule has 0 radical (unpaired) electrons. The average Bonchev–Trinajstić information content (AvgIpc) is 2.76. The van der Waals surface area contributed by atoms with Crippen LogP contribution in [0.2, 0.25) is 5.02 Å². The Labute approximate surface area is 120 Å². The molecule has 0 fully saturated rings. The van der Waals surface area contributed by atoms with Crippen LogP contribution >= 0.6 is 22.9 Å². The Hall–Kier alpha value is -1.33. The predicted molar refractivity (Wildman–Crippen MR) is 78.9 cm³/mol. The number of rotatable bonds is 4. The van der Waals surface area contributed by atoms with Crippen LogP contribution in [-0.4, -0.2) is 24.1 Å². The molecule has 0 saturated heterocycles. The van der Waals surface area contributed by atoms with Crippen molar-refractivity contribution in [1.82, 2.24) is 4.98 Å². The first-order valence-corrected chi connectivity index (χ1v) is 7.11.